The maximum absolute atomic E-state index is 10.9. The van der Waals surface area contributed by atoms with Crippen molar-refractivity contribution in [1.29, 1.82) is 0 Å². The van der Waals surface area contributed by atoms with E-state index in [2.05, 4.69) is 176 Å². The molecule has 5 heteroatoms. The minimum Gasteiger partial charge on any atom is -0.427 e. The minimum absolute atomic E-state index is 0.839. The molecule has 1 N–H and O–H groups in total. The molecule has 0 amide bonds. The first-order valence-corrected chi connectivity index (χ1v) is 20.1. The van der Waals surface area contributed by atoms with Gasteiger partial charge in [-0.2, -0.15) is 0 Å². The van der Waals surface area contributed by atoms with Gasteiger partial charge in [0.2, 0.25) is 0 Å². The molecule has 7 aromatic carbocycles. The molecule has 9 aromatic rings. The van der Waals surface area contributed by atoms with Crippen LogP contribution in [0, 0.1) is 0 Å². The third kappa shape index (κ3) is 7.59. The molecule has 0 saturated heterocycles. The van der Waals surface area contributed by atoms with Crippen LogP contribution in [0.4, 0.5) is 0 Å². The predicted octanol–water partition coefficient (Wildman–Crippen LogP) is 12.6. The summed E-state index contributed by atoms with van der Waals surface area (Å²) in [6.07, 6.45) is 3.96. The van der Waals surface area contributed by atoms with Crippen molar-refractivity contribution in [1.82, 2.24) is 9.97 Å². The van der Waals surface area contributed by atoms with Gasteiger partial charge >= 0.3 is 7.48 Å². The summed E-state index contributed by atoms with van der Waals surface area (Å²) in [4.78, 5) is 10.0. The summed E-state index contributed by atoms with van der Waals surface area (Å²) in [6, 6.07) is 61.7. The lowest BCUT2D eigenvalue weighted by Gasteiger charge is -2.37. The van der Waals surface area contributed by atoms with E-state index in [-0.39, 0.29) is 0 Å². The summed E-state index contributed by atoms with van der Waals surface area (Å²) in [7, 11) is 1.78. The minimum atomic E-state index is -1.07. The van der Waals surface area contributed by atoms with E-state index >= 15 is 0 Å². The molecule has 0 aliphatic carbocycles. The Morgan fingerprint density at radius 2 is 0.814 bits per heavy atom. The zero-order chi connectivity index (χ0) is 40.6. The van der Waals surface area contributed by atoms with Crippen LogP contribution in [-0.4, -0.2) is 33.8 Å². The fourth-order valence-electron chi connectivity index (χ4n) is 7.69. The van der Waals surface area contributed by atoms with Crippen LogP contribution in [0.25, 0.3) is 88.6 Å². The Hall–Kier alpha value is -6.66. The SMILES string of the molecule is CC(C)(O)C(C)(C)O[B]c1cc(-c2ccccc2-c2ccc(-c3cccc4ccccc34)nc2)cc(-c2ccccc2-c2ccc(-c3cccc4ccccc34)nc2)c1. The summed E-state index contributed by atoms with van der Waals surface area (Å²) in [5.74, 6) is 0. The van der Waals surface area contributed by atoms with Gasteiger partial charge in [0.15, 0.2) is 0 Å². The molecule has 0 fully saturated rings. The summed E-state index contributed by atoms with van der Waals surface area (Å²) in [5.41, 5.74) is 11.5. The second kappa shape index (κ2) is 15.6. The number of aromatic nitrogens is 2. The second-order valence-electron chi connectivity index (χ2n) is 16.2. The Morgan fingerprint density at radius 1 is 0.424 bits per heavy atom. The molecule has 1 radical (unpaired) electrons. The zero-order valence-corrected chi connectivity index (χ0v) is 33.7. The number of rotatable bonds is 10. The smallest absolute Gasteiger partial charge is 0.330 e. The second-order valence-corrected chi connectivity index (χ2v) is 16.2. The molecule has 0 aliphatic heterocycles. The van der Waals surface area contributed by atoms with Gasteiger partial charge in [0.25, 0.3) is 0 Å². The van der Waals surface area contributed by atoms with Crippen LogP contribution in [0.5, 0.6) is 0 Å². The number of pyridine rings is 2. The van der Waals surface area contributed by atoms with Crippen LogP contribution in [0.15, 0.2) is 188 Å². The van der Waals surface area contributed by atoms with Crippen molar-refractivity contribution >= 4 is 34.5 Å². The van der Waals surface area contributed by atoms with Crippen molar-refractivity contribution in [3.63, 3.8) is 0 Å². The van der Waals surface area contributed by atoms with E-state index in [1.54, 1.807) is 21.3 Å². The first-order valence-electron chi connectivity index (χ1n) is 20.1. The van der Waals surface area contributed by atoms with Crippen LogP contribution < -0.4 is 5.46 Å². The number of benzene rings is 7. The molecule has 2 aromatic heterocycles. The fourth-order valence-corrected chi connectivity index (χ4v) is 7.69. The van der Waals surface area contributed by atoms with E-state index in [0.717, 1.165) is 72.5 Å². The van der Waals surface area contributed by atoms with E-state index < -0.39 is 11.2 Å². The highest BCUT2D eigenvalue weighted by atomic mass is 16.5. The molecule has 0 aliphatic rings. The summed E-state index contributed by atoms with van der Waals surface area (Å²) in [5, 5.41) is 15.7. The van der Waals surface area contributed by atoms with Gasteiger partial charge < -0.3 is 9.76 Å². The van der Waals surface area contributed by atoms with Gasteiger partial charge in [-0.25, -0.2) is 0 Å². The number of hydrogen-bond donors (Lipinski definition) is 1. The van der Waals surface area contributed by atoms with Crippen molar-refractivity contribution in [2.75, 3.05) is 0 Å². The van der Waals surface area contributed by atoms with Crippen LogP contribution in [0.1, 0.15) is 27.7 Å². The lowest BCUT2D eigenvalue weighted by molar-refractivity contribution is -0.0893. The van der Waals surface area contributed by atoms with Gasteiger partial charge in [0, 0.05) is 34.6 Å². The van der Waals surface area contributed by atoms with Crippen molar-refractivity contribution in [2.24, 2.45) is 0 Å². The molecule has 0 saturated carbocycles. The first-order chi connectivity index (χ1) is 28.6. The summed E-state index contributed by atoms with van der Waals surface area (Å²) >= 11 is 0. The van der Waals surface area contributed by atoms with Crippen LogP contribution in [-0.2, 0) is 4.65 Å². The number of fused-ring (bicyclic) bond motifs is 2. The monoisotopic (exact) mass is 763 g/mol. The molecular weight excluding hydrogens is 719 g/mol. The Bertz CT molecular complexity index is 2750. The van der Waals surface area contributed by atoms with E-state index in [9.17, 15) is 5.11 Å². The molecule has 0 unspecified atom stereocenters. The molecule has 0 atom stereocenters. The Balaban J connectivity index is 1.12. The third-order valence-corrected chi connectivity index (χ3v) is 11.7. The van der Waals surface area contributed by atoms with E-state index in [0.29, 0.717) is 0 Å². The summed E-state index contributed by atoms with van der Waals surface area (Å²) in [6.45, 7) is 7.36. The summed E-state index contributed by atoms with van der Waals surface area (Å²) < 4.78 is 6.37. The average molecular weight is 764 g/mol. The topological polar surface area (TPSA) is 55.2 Å². The Kier molecular flexibility index (Phi) is 10.0. The quantitative estimate of drug-likeness (QED) is 0.141. The fraction of sp³-hybridized carbons (Fsp3) is 0.111. The molecule has 59 heavy (non-hydrogen) atoms. The lowest BCUT2D eigenvalue weighted by atomic mass is 9.79. The molecule has 2 heterocycles. The molecule has 0 spiro atoms. The first kappa shape index (κ1) is 37.9. The van der Waals surface area contributed by atoms with Crippen LogP contribution >= 0.6 is 0 Å². The zero-order valence-electron chi connectivity index (χ0n) is 33.7. The van der Waals surface area contributed by atoms with E-state index in [4.69, 9.17) is 14.6 Å². The van der Waals surface area contributed by atoms with Gasteiger partial charge in [-0.05, 0) is 101 Å². The normalized spacial score (nSPS) is 11.9. The number of hydrogen-bond acceptors (Lipinski definition) is 4. The van der Waals surface area contributed by atoms with Crippen LogP contribution in [0.2, 0.25) is 0 Å². The molecule has 9 rings (SSSR count). The Labute approximate surface area is 347 Å². The predicted molar refractivity (Wildman–Crippen MR) is 247 cm³/mol. The molecule has 285 valence electrons. The van der Waals surface area contributed by atoms with E-state index in [1.165, 1.54) is 21.5 Å². The highest BCUT2D eigenvalue weighted by Crippen LogP contribution is 2.38. The van der Waals surface area contributed by atoms with Crippen molar-refractivity contribution in [2.45, 2.75) is 38.9 Å². The van der Waals surface area contributed by atoms with Gasteiger partial charge in [0.05, 0.1) is 22.6 Å². The largest absolute Gasteiger partial charge is 0.427 e. The third-order valence-electron chi connectivity index (χ3n) is 11.7. The average Bonchev–Trinajstić information content (AvgIpc) is 3.27. The number of aliphatic hydroxyl groups is 1. The van der Waals surface area contributed by atoms with Gasteiger partial charge in [-0.3, -0.25) is 9.97 Å². The standard InChI is InChI=1S/C54H44BN2O2/c1-53(2,58)54(3,4)59-55-42-32-40(47-23-11-9-21-45(47)38-27-29-51(56-34-38)49-25-13-17-36-15-5-7-19-43(36)49)31-41(33-42)48-24-12-10-22-46(48)39-28-30-52(57-35-39)50-26-14-18-37-16-6-8-20-44(37)50/h5-35,58H,1-4H3. The maximum atomic E-state index is 10.9. The molecular formula is C54H44BN2O2. The number of nitrogens with zero attached hydrogens (tertiary/aromatic N) is 2. The van der Waals surface area contributed by atoms with Crippen molar-refractivity contribution in [3.8, 4) is 67.0 Å². The molecule has 4 nitrogen and oxygen atoms in total. The molecule has 0 bridgehead atoms. The van der Waals surface area contributed by atoms with Crippen molar-refractivity contribution in [3.05, 3.63) is 188 Å². The van der Waals surface area contributed by atoms with Gasteiger partial charge in [0.1, 0.15) is 0 Å². The van der Waals surface area contributed by atoms with Crippen LogP contribution in [0.3, 0.4) is 0 Å². The lowest BCUT2D eigenvalue weighted by Crippen LogP contribution is -2.49. The van der Waals surface area contributed by atoms with Gasteiger partial charge in [-0.1, -0.05) is 163 Å². The van der Waals surface area contributed by atoms with Gasteiger partial charge in [-0.15, -0.1) is 0 Å². The van der Waals surface area contributed by atoms with E-state index in [1.807, 2.05) is 26.2 Å². The Morgan fingerprint density at radius 3 is 1.24 bits per heavy atom. The highest BCUT2D eigenvalue weighted by molar-refractivity contribution is 6.47. The highest BCUT2D eigenvalue weighted by Gasteiger charge is 2.35. The maximum Gasteiger partial charge on any atom is 0.330 e. The van der Waals surface area contributed by atoms with Crippen molar-refractivity contribution < 1.29 is 9.76 Å².